The highest BCUT2D eigenvalue weighted by molar-refractivity contribution is 6.06. The molecule has 2 aromatic heterocycles. The predicted molar refractivity (Wildman–Crippen MR) is 89.1 cm³/mol. The van der Waals surface area contributed by atoms with Crippen molar-refractivity contribution in [2.45, 2.75) is 39.3 Å². The monoisotopic (exact) mass is 324 g/mol. The maximum Gasteiger partial charge on any atom is 0.325 e. The van der Waals surface area contributed by atoms with Crippen LogP contribution in [0.25, 0.3) is 5.52 Å². The molecule has 1 aliphatic heterocycles. The minimum atomic E-state index is -0.878. The van der Waals surface area contributed by atoms with Gasteiger partial charge in [-0.2, -0.15) is 5.26 Å². The van der Waals surface area contributed by atoms with Gasteiger partial charge >= 0.3 is 6.03 Å². The summed E-state index contributed by atoms with van der Waals surface area (Å²) in [4.78, 5) is 26.3. The van der Waals surface area contributed by atoms with Crippen LogP contribution in [0.15, 0.2) is 30.6 Å². The molecule has 0 aromatic carbocycles. The zero-order valence-electron chi connectivity index (χ0n) is 14.0. The molecule has 2 aromatic rings. The summed E-state index contributed by atoms with van der Waals surface area (Å²) < 4.78 is 1.83. The van der Waals surface area contributed by atoms with Gasteiger partial charge in [0.05, 0.1) is 17.6 Å². The summed E-state index contributed by atoms with van der Waals surface area (Å²) in [5.74, 6) is 0.0475. The second-order valence-electron chi connectivity index (χ2n) is 6.89. The number of amides is 3. The van der Waals surface area contributed by atoms with E-state index in [1.807, 2.05) is 42.6 Å². The van der Waals surface area contributed by atoms with Crippen LogP contribution >= 0.6 is 0 Å². The van der Waals surface area contributed by atoms with Crippen LogP contribution in [0.5, 0.6) is 0 Å². The Morgan fingerprint density at radius 3 is 2.75 bits per heavy atom. The van der Waals surface area contributed by atoms with Gasteiger partial charge in [0.25, 0.3) is 5.91 Å². The van der Waals surface area contributed by atoms with Crippen molar-refractivity contribution < 1.29 is 9.59 Å². The first kappa shape index (κ1) is 16.1. The highest BCUT2D eigenvalue weighted by Crippen LogP contribution is 2.27. The molecule has 124 valence electrons. The van der Waals surface area contributed by atoms with Crippen molar-refractivity contribution in [2.75, 3.05) is 0 Å². The Morgan fingerprint density at radius 1 is 1.33 bits per heavy atom. The summed E-state index contributed by atoms with van der Waals surface area (Å²) in [5.41, 5.74) is 1.05. The van der Waals surface area contributed by atoms with Crippen molar-refractivity contribution in [3.8, 4) is 6.07 Å². The van der Waals surface area contributed by atoms with Gasteiger partial charge in [-0.1, -0.05) is 19.9 Å². The number of hydrogen-bond acceptors (Lipinski definition) is 3. The molecule has 0 unspecified atom stereocenters. The molecule has 6 heteroatoms. The Balaban J connectivity index is 1.93. The molecule has 1 atom stereocenters. The van der Waals surface area contributed by atoms with Crippen LogP contribution in [-0.2, 0) is 11.3 Å². The number of urea groups is 1. The second kappa shape index (κ2) is 5.68. The topological polar surface area (TPSA) is 77.6 Å². The quantitative estimate of drug-likeness (QED) is 0.878. The largest absolute Gasteiger partial charge is 0.325 e. The zero-order valence-corrected chi connectivity index (χ0v) is 14.0. The Labute approximate surface area is 140 Å². The molecule has 0 radical (unpaired) electrons. The lowest BCUT2D eigenvalue weighted by Crippen LogP contribution is -2.44. The first-order valence-corrected chi connectivity index (χ1v) is 7.98. The van der Waals surface area contributed by atoms with E-state index in [-0.39, 0.29) is 18.4 Å². The van der Waals surface area contributed by atoms with Gasteiger partial charge in [-0.3, -0.25) is 9.69 Å². The van der Waals surface area contributed by atoms with E-state index in [0.29, 0.717) is 17.5 Å². The van der Waals surface area contributed by atoms with Gasteiger partial charge in [0, 0.05) is 18.0 Å². The number of pyridine rings is 1. The fourth-order valence-corrected chi connectivity index (χ4v) is 3.44. The van der Waals surface area contributed by atoms with Crippen molar-refractivity contribution in [3.05, 3.63) is 41.7 Å². The molecule has 1 saturated heterocycles. The molecule has 1 fully saturated rings. The molecule has 1 aliphatic rings. The number of fused-ring (bicyclic) bond motifs is 1. The van der Waals surface area contributed by atoms with Crippen LogP contribution in [0, 0.1) is 17.2 Å². The molecule has 1 N–H and O–H groups in total. The van der Waals surface area contributed by atoms with Crippen LogP contribution < -0.4 is 5.32 Å². The van der Waals surface area contributed by atoms with E-state index >= 15 is 0 Å². The molecule has 3 amide bonds. The van der Waals surface area contributed by atoms with Gasteiger partial charge in [-0.25, -0.2) is 4.79 Å². The number of aromatic nitrogens is 1. The summed E-state index contributed by atoms with van der Waals surface area (Å²) in [6.45, 7) is 5.89. The Kier molecular flexibility index (Phi) is 3.80. The average Bonchev–Trinajstić information content (AvgIpc) is 2.96. The molecule has 0 aliphatic carbocycles. The van der Waals surface area contributed by atoms with E-state index in [4.69, 9.17) is 0 Å². The number of carbonyl (C=O) groups excluding carboxylic acids is 2. The van der Waals surface area contributed by atoms with Crippen molar-refractivity contribution in [2.24, 2.45) is 5.92 Å². The summed E-state index contributed by atoms with van der Waals surface area (Å²) in [6, 6.07) is 7.35. The maximum atomic E-state index is 12.7. The van der Waals surface area contributed by atoms with E-state index in [2.05, 4.69) is 11.4 Å². The third-order valence-electron chi connectivity index (χ3n) is 4.36. The van der Waals surface area contributed by atoms with Crippen molar-refractivity contribution in [1.29, 1.82) is 5.26 Å². The van der Waals surface area contributed by atoms with E-state index in [9.17, 15) is 14.9 Å². The SMILES string of the molecule is CC(C)C[C@@]1(C)NC(=O)N(Cc2cn3ccccc3c2C#N)C1=O. The predicted octanol–water partition coefficient (Wildman–Crippen LogP) is 2.67. The molecule has 24 heavy (non-hydrogen) atoms. The Morgan fingerprint density at radius 2 is 2.08 bits per heavy atom. The van der Waals surface area contributed by atoms with Crippen molar-refractivity contribution in [1.82, 2.24) is 14.6 Å². The molecule has 3 heterocycles. The number of nitrogens with zero attached hydrogens (tertiary/aromatic N) is 3. The minimum absolute atomic E-state index is 0.100. The summed E-state index contributed by atoms with van der Waals surface area (Å²) in [6.07, 6.45) is 4.22. The van der Waals surface area contributed by atoms with E-state index in [1.165, 1.54) is 4.90 Å². The van der Waals surface area contributed by atoms with Crippen LogP contribution in [0.2, 0.25) is 0 Å². The lowest BCUT2D eigenvalue weighted by molar-refractivity contribution is -0.131. The minimum Gasteiger partial charge on any atom is -0.323 e. The Hall–Kier alpha value is -2.81. The third kappa shape index (κ3) is 2.52. The second-order valence-corrected chi connectivity index (χ2v) is 6.89. The fraction of sp³-hybridized carbons (Fsp3) is 0.389. The molecule has 3 rings (SSSR count). The highest BCUT2D eigenvalue weighted by atomic mass is 16.2. The van der Waals surface area contributed by atoms with Crippen LogP contribution in [0.3, 0.4) is 0 Å². The molecular formula is C18H20N4O2. The summed E-state index contributed by atoms with van der Waals surface area (Å²) in [5, 5.41) is 12.3. The van der Waals surface area contributed by atoms with E-state index in [0.717, 1.165) is 5.52 Å². The molecule has 0 spiro atoms. The molecule has 6 nitrogen and oxygen atoms in total. The maximum absolute atomic E-state index is 12.7. The van der Waals surface area contributed by atoms with Crippen molar-refractivity contribution >= 4 is 17.5 Å². The molecule has 0 saturated carbocycles. The summed E-state index contributed by atoms with van der Waals surface area (Å²) in [7, 11) is 0. The van der Waals surface area contributed by atoms with E-state index < -0.39 is 11.6 Å². The smallest absolute Gasteiger partial charge is 0.323 e. The number of rotatable bonds is 4. The number of nitrogens with one attached hydrogen (secondary N) is 1. The normalized spacial score (nSPS) is 20.7. The zero-order chi connectivity index (χ0) is 17.5. The average molecular weight is 324 g/mol. The first-order valence-electron chi connectivity index (χ1n) is 7.98. The van der Waals surface area contributed by atoms with Gasteiger partial charge in [0.15, 0.2) is 0 Å². The van der Waals surface area contributed by atoms with Crippen LogP contribution in [0.1, 0.15) is 38.3 Å². The fourth-order valence-electron chi connectivity index (χ4n) is 3.44. The standard InChI is InChI=1S/C18H20N4O2/c1-12(2)8-18(3)16(23)22(17(24)20-18)11-13-10-21-7-5-4-6-15(21)14(13)9-19/h4-7,10,12H,8,11H2,1-3H3,(H,20,24)/t18-/m1/s1. The van der Waals surface area contributed by atoms with E-state index in [1.54, 1.807) is 13.1 Å². The van der Waals surface area contributed by atoms with Gasteiger partial charge in [-0.05, 0) is 31.4 Å². The lowest BCUT2D eigenvalue weighted by atomic mass is 9.91. The van der Waals surface area contributed by atoms with Gasteiger partial charge in [0.1, 0.15) is 11.6 Å². The third-order valence-corrected chi connectivity index (χ3v) is 4.36. The van der Waals surface area contributed by atoms with Crippen LogP contribution in [0.4, 0.5) is 4.79 Å². The molecule has 0 bridgehead atoms. The van der Waals surface area contributed by atoms with Gasteiger partial charge < -0.3 is 9.72 Å². The number of carbonyl (C=O) groups is 2. The number of nitriles is 1. The number of hydrogen-bond donors (Lipinski definition) is 1. The summed E-state index contributed by atoms with van der Waals surface area (Å²) >= 11 is 0. The van der Waals surface area contributed by atoms with Crippen LogP contribution in [-0.4, -0.2) is 26.8 Å². The first-order chi connectivity index (χ1) is 11.4. The van der Waals surface area contributed by atoms with Gasteiger partial charge in [0.2, 0.25) is 0 Å². The molecular weight excluding hydrogens is 304 g/mol. The van der Waals surface area contributed by atoms with Gasteiger partial charge in [-0.15, -0.1) is 0 Å². The Bertz CT molecular complexity index is 862. The van der Waals surface area contributed by atoms with Crippen molar-refractivity contribution in [3.63, 3.8) is 0 Å². The number of imide groups is 1. The highest BCUT2D eigenvalue weighted by Gasteiger charge is 2.47. The lowest BCUT2D eigenvalue weighted by Gasteiger charge is -2.23.